The van der Waals surface area contributed by atoms with Crippen LogP contribution < -0.4 is 4.74 Å². The number of fused-ring (bicyclic) bond motifs is 9. The Morgan fingerprint density at radius 2 is 1.61 bits per heavy atom. The van der Waals surface area contributed by atoms with Crippen LogP contribution in [-0.2, 0) is 5.41 Å². The summed E-state index contributed by atoms with van der Waals surface area (Å²) in [5, 5.41) is 7.61. The van der Waals surface area contributed by atoms with Gasteiger partial charge in [-0.25, -0.2) is 9.67 Å². The Morgan fingerprint density at radius 1 is 0.739 bits per heavy atom. The van der Waals surface area contributed by atoms with Gasteiger partial charge in [0.1, 0.15) is 17.3 Å². The number of hydrogen-bond acceptors (Lipinski definition) is 3. The average molecular weight is 593 g/mol. The number of rotatable bonds is 4. The van der Waals surface area contributed by atoms with Crippen LogP contribution >= 0.6 is 0 Å². The van der Waals surface area contributed by atoms with Gasteiger partial charge in [-0.05, 0) is 77.6 Å². The third-order valence-corrected chi connectivity index (χ3v) is 9.74. The molecule has 0 fully saturated rings. The van der Waals surface area contributed by atoms with Gasteiger partial charge in [0.2, 0.25) is 0 Å². The molecule has 0 radical (unpaired) electrons. The quantitative estimate of drug-likeness (QED) is 0.204. The molecule has 10 rings (SSSR count). The highest BCUT2D eigenvalue weighted by molar-refractivity contribution is 6.09. The SMILES string of the molecule is C1=CC2=C(CC1)c1ccccc1C21C=Cc2cn(-c3cccc(Oc4ccc5c6ccccc6n(-c6ccccn6)c5c4)c3)nc21. The molecule has 0 aliphatic heterocycles. The van der Waals surface area contributed by atoms with Crippen molar-refractivity contribution < 1.29 is 4.74 Å². The van der Waals surface area contributed by atoms with E-state index >= 15 is 0 Å². The first kappa shape index (κ1) is 25.4. The molecule has 4 aromatic carbocycles. The number of hydrogen-bond donors (Lipinski definition) is 0. The molecule has 0 bridgehead atoms. The lowest BCUT2D eigenvalue weighted by Gasteiger charge is -2.26. The van der Waals surface area contributed by atoms with Crippen LogP contribution in [0.4, 0.5) is 0 Å². The molecular formula is C41H28N4O. The Kier molecular flexibility index (Phi) is 5.26. The molecule has 7 aromatic rings. The van der Waals surface area contributed by atoms with Crippen molar-refractivity contribution in [2.45, 2.75) is 18.3 Å². The summed E-state index contributed by atoms with van der Waals surface area (Å²) in [6.45, 7) is 0. The first-order chi connectivity index (χ1) is 22.8. The molecule has 1 atom stereocenters. The number of nitrogens with zero attached hydrogens (tertiary/aromatic N) is 4. The normalized spacial score (nSPS) is 17.7. The van der Waals surface area contributed by atoms with E-state index in [1.165, 1.54) is 27.7 Å². The summed E-state index contributed by atoms with van der Waals surface area (Å²) in [5.41, 5.74) is 10.6. The standard InChI is InChI=1S/C41H28N4O/c1-4-15-35-31(12-1)32-13-2-5-16-36(32)41(35)22-21-27-26-44(43-40(27)41)28-10-9-11-29(24-28)46-30-19-20-34-33-14-3-6-17-37(33)45(38(34)25-30)39-18-7-8-23-42-39/h1,3-12,14-26H,2,13H2. The van der Waals surface area contributed by atoms with E-state index in [1.54, 1.807) is 0 Å². The van der Waals surface area contributed by atoms with Crippen LogP contribution in [0.1, 0.15) is 35.2 Å². The van der Waals surface area contributed by atoms with Crippen molar-refractivity contribution in [1.82, 2.24) is 19.3 Å². The summed E-state index contributed by atoms with van der Waals surface area (Å²) in [6.07, 6.45) is 15.4. The van der Waals surface area contributed by atoms with Crippen molar-refractivity contribution in [2.75, 3.05) is 0 Å². The summed E-state index contributed by atoms with van der Waals surface area (Å²) in [4.78, 5) is 4.66. The highest BCUT2D eigenvalue weighted by Crippen LogP contribution is 2.57. The molecule has 0 N–H and O–H groups in total. The molecule has 3 heterocycles. The average Bonchev–Trinajstić information content (AvgIpc) is 3.85. The lowest BCUT2D eigenvalue weighted by molar-refractivity contribution is 0.483. The van der Waals surface area contributed by atoms with Gasteiger partial charge in [-0.15, -0.1) is 0 Å². The third kappa shape index (κ3) is 3.51. The van der Waals surface area contributed by atoms with Gasteiger partial charge >= 0.3 is 0 Å². The van der Waals surface area contributed by atoms with Crippen LogP contribution in [0.3, 0.4) is 0 Å². The number of para-hydroxylation sites is 1. The monoisotopic (exact) mass is 592 g/mol. The number of ether oxygens (including phenoxy) is 1. The predicted octanol–water partition coefficient (Wildman–Crippen LogP) is 9.59. The highest BCUT2D eigenvalue weighted by atomic mass is 16.5. The van der Waals surface area contributed by atoms with Gasteiger partial charge in [0.05, 0.1) is 27.8 Å². The van der Waals surface area contributed by atoms with E-state index in [9.17, 15) is 0 Å². The van der Waals surface area contributed by atoms with E-state index in [-0.39, 0.29) is 5.41 Å². The van der Waals surface area contributed by atoms with E-state index in [0.29, 0.717) is 0 Å². The van der Waals surface area contributed by atoms with Gasteiger partial charge in [-0.3, -0.25) is 4.57 Å². The van der Waals surface area contributed by atoms with Crippen LogP contribution in [0.25, 0.3) is 45.0 Å². The minimum Gasteiger partial charge on any atom is -0.457 e. The van der Waals surface area contributed by atoms with Crippen molar-refractivity contribution >= 4 is 33.5 Å². The molecule has 5 nitrogen and oxygen atoms in total. The van der Waals surface area contributed by atoms with Gasteiger partial charge < -0.3 is 4.74 Å². The molecule has 3 aliphatic carbocycles. The lowest BCUT2D eigenvalue weighted by Crippen LogP contribution is -2.24. The van der Waals surface area contributed by atoms with E-state index < -0.39 is 0 Å². The Balaban J connectivity index is 1.03. The fourth-order valence-corrected chi connectivity index (χ4v) is 7.80. The molecule has 0 saturated heterocycles. The zero-order valence-electron chi connectivity index (χ0n) is 25.0. The smallest absolute Gasteiger partial charge is 0.137 e. The van der Waals surface area contributed by atoms with Gasteiger partial charge in [0.25, 0.3) is 0 Å². The summed E-state index contributed by atoms with van der Waals surface area (Å²) in [5.74, 6) is 2.40. The second-order valence-corrected chi connectivity index (χ2v) is 12.2. The van der Waals surface area contributed by atoms with E-state index in [0.717, 1.165) is 63.5 Å². The molecule has 0 amide bonds. The van der Waals surface area contributed by atoms with Crippen molar-refractivity contribution in [3.63, 3.8) is 0 Å². The first-order valence-electron chi connectivity index (χ1n) is 15.8. The molecule has 0 saturated carbocycles. The van der Waals surface area contributed by atoms with Crippen LogP contribution in [-0.4, -0.2) is 19.3 Å². The maximum Gasteiger partial charge on any atom is 0.137 e. The van der Waals surface area contributed by atoms with Crippen LogP contribution in [0.2, 0.25) is 0 Å². The summed E-state index contributed by atoms with van der Waals surface area (Å²) < 4.78 is 10.7. The van der Waals surface area contributed by atoms with Gasteiger partial charge in [-0.2, -0.15) is 5.10 Å². The van der Waals surface area contributed by atoms with Crippen LogP contribution in [0.15, 0.2) is 145 Å². The Hall–Kier alpha value is -5.94. The molecule has 1 spiro atoms. The number of benzene rings is 4. The number of allylic oxidation sites excluding steroid dienone is 5. The summed E-state index contributed by atoms with van der Waals surface area (Å²) in [6, 6.07) is 37.8. The maximum atomic E-state index is 6.52. The van der Waals surface area contributed by atoms with Crippen LogP contribution in [0, 0.1) is 0 Å². The number of aromatic nitrogens is 4. The maximum absolute atomic E-state index is 6.52. The van der Waals surface area contributed by atoms with Crippen molar-refractivity contribution in [2.24, 2.45) is 0 Å². The molecular weight excluding hydrogens is 564 g/mol. The fourth-order valence-electron chi connectivity index (χ4n) is 7.80. The topological polar surface area (TPSA) is 44.9 Å². The predicted molar refractivity (Wildman–Crippen MR) is 184 cm³/mol. The molecule has 3 aromatic heterocycles. The van der Waals surface area contributed by atoms with E-state index in [2.05, 4.69) is 113 Å². The van der Waals surface area contributed by atoms with Crippen LogP contribution in [0.5, 0.6) is 11.5 Å². The first-order valence-corrected chi connectivity index (χ1v) is 15.8. The van der Waals surface area contributed by atoms with Gasteiger partial charge in [0.15, 0.2) is 0 Å². The fraction of sp³-hybridized carbons (Fsp3) is 0.0732. The summed E-state index contributed by atoms with van der Waals surface area (Å²) in [7, 11) is 0. The minimum absolute atomic E-state index is 0.334. The number of pyridine rings is 1. The zero-order chi connectivity index (χ0) is 30.2. The summed E-state index contributed by atoms with van der Waals surface area (Å²) >= 11 is 0. The third-order valence-electron chi connectivity index (χ3n) is 9.74. The van der Waals surface area contributed by atoms with Crippen molar-refractivity contribution in [3.05, 3.63) is 168 Å². The largest absolute Gasteiger partial charge is 0.457 e. The van der Waals surface area contributed by atoms with Crippen molar-refractivity contribution in [1.29, 1.82) is 0 Å². The molecule has 3 aliphatic rings. The van der Waals surface area contributed by atoms with Gasteiger partial charge in [0, 0.05) is 40.9 Å². The second-order valence-electron chi connectivity index (χ2n) is 12.2. The Bertz CT molecular complexity index is 2460. The highest BCUT2D eigenvalue weighted by Gasteiger charge is 2.48. The Labute approximate surface area is 266 Å². The minimum atomic E-state index is -0.334. The molecule has 1 unspecified atom stereocenters. The van der Waals surface area contributed by atoms with E-state index in [1.807, 2.05) is 47.3 Å². The Morgan fingerprint density at radius 3 is 2.57 bits per heavy atom. The van der Waals surface area contributed by atoms with Gasteiger partial charge in [-0.1, -0.05) is 78.9 Å². The lowest BCUT2D eigenvalue weighted by atomic mass is 9.75. The zero-order valence-corrected chi connectivity index (χ0v) is 25.0. The second kappa shape index (κ2) is 9.53. The molecule has 218 valence electrons. The van der Waals surface area contributed by atoms with E-state index in [4.69, 9.17) is 9.84 Å². The van der Waals surface area contributed by atoms with Crippen molar-refractivity contribution in [3.8, 4) is 23.0 Å². The molecule has 5 heteroatoms. The molecule has 46 heavy (non-hydrogen) atoms.